The van der Waals surface area contributed by atoms with E-state index in [0.29, 0.717) is 6.04 Å². The van der Waals surface area contributed by atoms with Crippen molar-refractivity contribution in [2.45, 2.75) is 51.5 Å². The third-order valence-electron chi connectivity index (χ3n) is 3.81. The zero-order valence-corrected chi connectivity index (χ0v) is 12.7. The fourth-order valence-corrected chi connectivity index (χ4v) is 2.66. The van der Waals surface area contributed by atoms with Crippen molar-refractivity contribution in [3.05, 3.63) is 35.7 Å². The lowest BCUT2D eigenvalue weighted by atomic mass is 9.92. The van der Waals surface area contributed by atoms with Gasteiger partial charge in [-0.05, 0) is 57.2 Å². The first kappa shape index (κ1) is 15.0. The van der Waals surface area contributed by atoms with Crippen molar-refractivity contribution in [3.63, 3.8) is 0 Å². The molecule has 0 radical (unpaired) electrons. The normalized spacial score (nSPS) is 16.6. The molecule has 0 spiro atoms. The summed E-state index contributed by atoms with van der Waals surface area (Å²) in [5.41, 5.74) is 2.79. The minimum absolute atomic E-state index is 0.331. The van der Waals surface area contributed by atoms with Crippen LogP contribution in [0.4, 0.5) is 0 Å². The summed E-state index contributed by atoms with van der Waals surface area (Å²) in [6.07, 6.45) is 13.4. The van der Waals surface area contributed by atoms with E-state index in [9.17, 15) is 0 Å². The molecule has 3 nitrogen and oxygen atoms in total. The van der Waals surface area contributed by atoms with Crippen LogP contribution >= 0.6 is 0 Å². The molecule has 0 aliphatic heterocycles. The first-order chi connectivity index (χ1) is 9.83. The first-order valence-corrected chi connectivity index (χ1v) is 7.76. The Kier molecular flexibility index (Phi) is 6.06. The van der Waals surface area contributed by atoms with Crippen molar-refractivity contribution < 1.29 is 4.74 Å². The summed E-state index contributed by atoms with van der Waals surface area (Å²) in [5, 5.41) is 3.41. The summed E-state index contributed by atoms with van der Waals surface area (Å²) >= 11 is 0. The Labute approximate surface area is 122 Å². The van der Waals surface area contributed by atoms with Crippen LogP contribution < -0.4 is 10.1 Å². The standard InChI is InChI=1S/C17H26N2O/c1-3-9-20-16-11-15(12-19-13-16)17(18-2)10-14-7-5-4-6-8-14/h7,11-13,17-18H,3-6,8-10H2,1-2H3. The summed E-state index contributed by atoms with van der Waals surface area (Å²) in [5.74, 6) is 0.877. The van der Waals surface area contributed by atoms with Gasteiger partial charge < -0.3 is 10.1 Å². The fraction of sp³-hybridized carbons (Fsp3) is 0.588. The van der Waals surface area contributed by atoms with Crippen LogP contribution in [0, 0.1) is 0 Å². The van der Waals surface area contributed by atoms with E-state index in [4.69, 9.17) is 4.74 Å². The second-order valence-electron chi connectivity index (χ2n) is 5.46. The summed E-state index contributed by atoms with van der Waals surface area (Å²) in [6.45, 7) is 2.86. The van der Waals surface area contributed by atoms with Crippen molar-refractivity contribution >= 4 is 0 Å². The van der Waals surface area contributed by atoms with Gasteiger partial charge in [-0.3, -0.25) is 4.98 Å². The number of rotatable bonds is 7. The first-order valence-electron chi connectivity index (χ1n) is 7.76. The van der Waals surface area contributed by atoms with E-state index >= 15 is 0 Å². The molecule has 1 unspecified atom stereocenters. The van der Waals surface area contributed by atoms with Crippen molar-refractivity contribution in [3.8, 4) is 5.75 Å². The maximum absolute atomic E-state index is 5.68. The largest absolute Gasteiger partial charge is 0.492 e. The van der Waals surface area contributed by atoms with Gasteiger partial charge in [0.05, 0.1) is 12.8 Å². The van der Waals surface area contributed by atoms with Gasteiger partial charge in [-0.1, -0.05) is 18.6 Å². The number of allylic oxidation sites excluding steroid dienone is 1. The summed E-state index contributed by atoms with van der Waals surface area (Å²) in [6, 6.07) is 2.45. The van der Waals surface area contributed by atoms with Gasteiger partial charge in [0, 0.05) is 12.2 Å². The number of pyridine rings is 1. The van der Waals surface area contributed by atoms with Crippen molar-refractivity contribution in [1.29, 1.82) is 0 Å². The van der Waals surface area contributed by atoms with Gasteiger partial charge in [0.15, 0.2) is 0 Å². The highest BCUT2D eigenvalue weighted by Gasteiger charge is 2.14. The Balaban J connectivity index is 2.04. The molecule has 1 aliphatic rings. The van der Waals surface area contributed by atoms with E-state index in [-0.39, 0.29) is 0 Å². The van der Waals surface area contributed by atoms with Gasteiger partial charge >= 0.3 is 0 Å². The highest BCUT2D eigenvalue weighted by molar-refractivity contribution is 5.27. The van der Waals surface area contributed by atoms with E-state index in [1.165, 1.54) is 31.2 Å². The van der Waals surface area contributed by atoms with Gasteiger partial charge in [-0.25, -0.2) is 0 Å². The molecular formula is C17H26N2O. The van der Waals surface area contributed by atoms with Crippen molar-refractivity contribution in [2.75, 3.05) is 13.7 Å². The molecule has 0 aromatic carbocycles. The number of ether oxygens (including phenoxy) is 1. The molecule has 2 rings (SSSR count). The lowest BCUT2D eigenvalue weighted by molar-refractivity contribution is 0.315. The van der Waals surface area contributed by atoms with Crippen LogP contribution in [0.15, 0.2) is 30.1 Å². The highest BCUT2D eigenvalue weighted by atomic mass is 16.5. The van der Waals surface area contributed by atoms with Gasteiger partial charge in [0.1, 0.15) is 5.75 Å². The van der Waals surface area contributed by atoms with Crippen LogP contribution in [0.5, 0.6) is 5.75 Å². The molecule has 1 aliphatic carbocycles. The topological polar surface area (TPSA) is 34.1 Å². The molecule has 1 atom stereocenters. The quantitative estimate of drug-likeness (QED) is 0.762. The average Bonchev–Trinajstić information content (AvgIpc) is 2.52. The Morgan fingerprint density at radius 3 is 2.95 bits per heavy atom. The highest BCUT2D eigenvalue weighted by Crippen LogP contribution is 2.28. The monoisotopic (exact) mass is 274 g/mol. The Morgan fingerprint density at radius 2 is 2.25 bits per heavy atom. The molecule has 3 heteroatoms. The van der Waals surface area contributed by atoms with Crippen LogP contribution in [0.3, 0.4) is 0 Å². The minimum Gasteiger partial charge on any atom is -0.492 e. The number of hydrogen-bond acceptors (Lipinski definition) is 3. The number of hydrogen-bond donors (Lipinski definition) is 1. The van der Waals surface area contributed by atoms with E-state index in [1.807, 2.05) is 13.2 Å². The summed E-state index contributed by atoms with van der Waals surface area (Å²) < 4.78 is 5.68. The molecule has 0 saturated carbocycles. The Morgan fingerprint density at radius 1 is 1.35 bits per heavy atom. The van der Waals surface area contributed by atoms with Crippen molar-refractivity contribution in [1.82, 2.24) is 10.3 Å². The molecule has 20 heavy (non-hydrogen) atoms. The number of nitrogens with one attached hydrogen (secondary N) is 1. The molecule has 1 aromatic rings. The Bertz CT molecular complexity index is 442. The van der Waals surface area contributed by atoms with Crippen LogP contribution in [-0.2, 0) is 0 Å². The molecular weight excluding hydrogens is 248 g/mol. The van der Waals surface area contributed by atoms with Gasteiger partial charge in [-0.2, -0.15) is 0 Å². The van der Waals surface area contributed by atoms with E-state index in [0.717, 1.165) is 25.2 Å². The van der Waals surface area contributed by atoms with Gasteiger partial charge in [-0.15, -0.1) is 0 Å². The second kappa shape index (κ2) is 8.05. The van der Waals surface area contributed by atoms with Crippen LogP contribution in [-0.4, -0.2) is 18.6 Å². The smallest absolute Gasteiger partial charge is 0.137 e. The number of aromatic nitrogens is 1. The third-order valence-corrected chi connectivity index (χ3v) is 3.81. The average molecular weight is 274 g/mol. The maximum atomic E-state index is 5.68. The predicted octanol–water partition coefficient (Wildman–Crippen LogP) is 4.02. The van der Waals surface area contributed by atoms with Crippen LogP contribution in [0.2, 0.25) is 0 Å². The number of nitrogens with zero attached hydrogens (tertiary/aromatic N) is 1. The molecule has 110 valence electrons. The molecule has 0 fully saturated rings. The second-order valence-corrected chi connectivity index (χ2v) is 5.46. The van der Waals surface area contributed by atoms with Crippen LogP contribution in [0.1, 0.15) is 57.1 Å². The third kappa shape index (κ3) is 4.34. The maximum Gasteiger partial charge on any atom is 0.137 e. The fourth-order valence-electron chi connectivity index (χ4n) is 2.66. The molecule has 1 N–H and O–H groups in total. The summed E-state index contributed by atoms with van der Waals surface area (Å²) in [7, 11) is 2.02. The molecule has 0 bridgehead atoms. The zero-order valence-electron chi connectivity index (χ0n) is 12.7. The molecule has 1 heterocycles. The minimum atomic E-state index is 0.331. The van der Waals surface area contributed by atoms with Crippen molar-refractivity contribution in [2.24, 2.45) is 0 Å². The van der Waals surface area contributed by atoms with E-state index in [1.54, 1.807) is 11.8 Å². The van der Waals surface area contributed by atoms with Gasteiger partial charge in [0.25, 0.3) is 0 Å². The predicted molar refractivity (Wildman–Crippen MR) is 83.0 cm³/mol. The SMILES string of the molecule is CCCOc1cncc(C(CC2=CCCCC2)NC)c1. The Hall–Kier alpha value is -1.35. The lowest BCUT2D eigenvalue weighted by Crippen LogP contribution is -2.18. The van der Waals surface area contributed by atoms with Crippen LogP contribution in [0.25, 0.3) is 0 Å². The van der Waals surface area contributed by atoms with Gasteiger partial charge in [0.2, 0.25) is 0 Å². The molecule has 0 amide bonds. The zero-order chi connectivity index (χ0) is 14.2. The summed E-state index contributed by atoms with van der Waals surface area (Å²) in [4.78, 5) is 4.32. The van der Waals surface area contributed by atoms with E-state index in [2.05, 4.69) is 29.4 Å². The molecule has 0 saturated heterocycles. The lowest BCUT2D eigenvalue weighted by Gasteiger charge is -2.21. The molecule has 1 aromatic heterocycles. The van der Waals surface area contributed by atoms with E-state index < -0.39 is 0 Å².